The highest BCUT2D eigenvalue weighted by Crippen LogP contribution is 2.36. The van der Waals surface area contributed by atoms with Gasteiger partial charge in [0, 0.05) is 0 Å². The standard InChI is InChI=1S/C12H19NO5S/c1-16-10-6-5-7-11(17-2)12(10)18-8-3-4-9-19(13,14)15/h5-7H,3-4,8-9H2,1-2H3,(H2,13,14,15). The summed E-state index contributed by atoms with van der Waals surface area (Å²) in [6.45, 7) is 0.367. The maximum atomic E-state index is 10.8. The minimum atomic E-state index is -3.40. The van der Waals surface area contributed by atoms with E-state index in [0.717, 1.165) is 0 Å². The Bertz CT molecular complexity index is 479. The van der Waals surface area contributed by atoms with Crippen LogP contribution in [0.3, 0.4) is 0 Å². The number of rotatable bonds is 8. The van der Waals surface area contributed by atoms with Gasteiger partial charge in [-0.05, 0) is 25.0 Å². The van der Waals surface area contributed by atoms with Crippen molar-refractivity contribution in [2.75, 3.05) is 26.6 Å². The smallest absolute Gasteiger partial charge is 0.209 e. The first-order valence-electron chi connectivity index (χ1n) is 5.82. The summed E-state index contributed by atoms with van der Waals surface area (Å²) in [7, 11) is -0.311. The molecule has 19 heavy (non-hydrogen) atoms. The second kappa shape index (κ2) is 7.20. The number of primary sulfonamides is 1. The van der Waals surface area contributed by atoms with Crippen molar-refractivity contribution in [3.63, 3.8) is 0 Å². The molecule has 0 bridgehead atoms. The van der Waals surface area contributed by atoms with Crippen LogP contribution in [0.1, 0.15) is 12.8 Å². The summed E-state index contributed by atoms with van der Waals surface area (Å²) >= 11 is 0. The third-order valence-corrected chi connectivity index (χ3v) is 3.31. The van der Waals surface area contributed by atoms with Crippen LogP contribution in [0.15, 0.2) is 18.2 Å². The number of benzene rings is 1. The number of methoxy groups -OCH3 is 2. The normalized spacial score (nSPS) is 11.1. The van der Waals surface area contributed by atoms with Crippen LogP contribution in [0, 0.1) is 0 Å². The lowest BCUT2D eigenvalue weighted by Gasteiger charge is -2.13. The average Bonchev–Trinajstić information content (AvgIpc) is 2.36. The SMILES string of the molecule is COc1cccc(OC)c1OCCCCS(N)(=O)=O. The van der Waals surface area contributed by atoms with E-state index in [1.807, 2.05) is 0 Å². The molecule has 2 N–H and O–H groups in total. The van der Waals surface area contributed by atoms with Gasteiger partial charge < -0.3 is 14.2 Å². The van der Waals surface area contributed by atoms with Crippen LogP contribution in [0.25, 0.3) is 0 Å². The molecule has 0 unspecified atom stereocenters. The van der Waals surface area contributed by atoms with Crippen LogP contribution >= 0.6 is 0 Å². The van der Waals surface area contributed by atoms with Gasteiger partial charge in [0.05, 0.1) is 26.6 Å². The van der Waals surface area contributed by atoms with Crippen molar-refractivity contribution in [1.29, 1.82) is 0 Å². The van der Waals surface area contributed by atoms with Gasteiger partial charge in [-0.15, -0.1) is 0 Å². The molecule has 0 saturated carbocycles. The van der Waals surface area contributed by atoms with Gasteiger partial charge in [-0.25, -0.2) is 13.6 Å². The second-order valence-corrected chi connectivity index (χ2v) is 5.65. The molecule has 6 nitrogen and oxygen atoms in total. The van der Waals surface area contributed by atoms with E-state index in [9.17, 15) is 8.42 Å². The lowest BCUT2D eigenvalue weighted by Crippen LogP contribution is -2.16. The molecule has 0 atom stereocenters. The zero-order chi connectivity index (χ0) is 14.3. The van der Waals surface area contributed by atoms with Crippen molar-refractivity contribution >= 4 is 10.0 Å². The first-order valence-corrected chi connectivity index (χ1v) is 7.53. The Labute approximate surface area is 113 Å². The third kappa shape index (κ3) is 5.35. The van der Waals surface area contributed by atoms with Crippen LogP contribution < -0.4 is 19.3 Å². The Kier molecular flexibility index (Phi) is 5.91. The van der Waals surface area contributed by atoms with E-state index in [4.69, 9.17) is 19.3 Å². The molecule has 1 rings (SSSR count). The molecule has 1 aromatic rings. The molecule has 0 aromatic heterocycles. The lowest BCUT2D eigenvalue weighted by atomic mass is 10.3. The van der Waals surface area contributed by atoms with Gasteiger partial charge >= 0.3 is 0 Å². The van der Waals surface area contributed by atoms with Crippen LogP contribution in [0.4, 0.5) is 0 Å². The zero-order valence-corrected chi connectivity index (χ0v) is 11.9. The predicted octanol–water partition coefficient (Wildman–Crippen LogP) is 1.15. The average molecular weight is 289 g/mol. The highest BCUT2D eigenvalue weighted by molar-refractivity contribution is 7.89. The second-order valence-electron chi connectivity index (χ2n) is 3.91. The first kappa shape index (κ1) is 15.6. The molecule has 108 valence electrons. The summed E-state index contributed by atoms with van der Waals surface area (Å²) in [5.41, 5.74) is 0. The Morgan fingerprint density at radius 3 is 2.16 bits per heavy atom. The number of hydrogen-bond acceptors (Lipinski definition) is 5. The molecule has 0 aliphatic rings. The molecule has 7 heteroatoms. The van der Waals surface area contributed by atoms with E-state index in [0.29, 0.717) is 36.7 Å². The van der Waals surface area contributed by atoms with Crippen molar-refractivity contribution in [3.8, 4) is 17.2 Å². The monoisotopic (exact) mass is 289 g/mol. The van der Waals surface area contributed by atoms with Gasteiger partial charge in [-0.1, -0.05) is 6.07 Å². The molecule has 0 spiro atoms. The number of sulfonamides is 1. The Morgan fingerprint density at radius 1 is 1.11 bits per heavy atom. The highest BCUT2D eigenvalue weighted by Gasteiger charge is 2.11. The third-order valence-electron chi connectivity index (χ3n) is 2.45. The van der Waals surface area contributed by atoms with Gasteiger partial charge in [-0.2, -0.15) is 0 Å². The quantitative estimate of drug-likeness (QED) is 0.725. The van der Waals surface area contributed by atoms with E-state index < -0.39 is 10.0 Å². The Hall–Kier alpha value is -1.47. The minimum absolute atomic E-state index is 0.0422. The first-order chi connectivity index (χ1) is 8.98. The van der Waals surface area contributed by atoms with E-state index in [-0.39, 0.29) is 5.75 Å². The fraction of sp³-hybridized carbons (Fsp3) is 0.500. The van der Waals surface area contributed by atoms with Crippen molar-refractivity contribution in [1.82, 2.24) is 0 Å². The molecule has 1 aromatic carbocycles. The fourth-order valence-corrected chi connectivity index (χ4v) is 2.15. The summed E-state index contributed by atoms with van der Waals surface area (Å²) in [4.78, 5) is 0. The van der Waals surface area contributed by atoms with E-state index >= 15 is 0 Å². The Balaban J connectivity index is 2.53. The molecular weight excluding hydrogens is 270 g/mol. The molecule has 0 amide bonds. The highest BCUT2D eigenvalue weighted by atomic mass is 32.2. The largest absolute Gasteiger partial charge is 0.493 e. The van der Waals surface area contributed by atoms with Crippen LogP contribution in [-0.4, -0.2) is 35.0 Å². The fourth-order valence-electron chi connectivity index (χ4n) is 1.54. The van der Waals surface area contributed by atoms with Crippen LogP contribution in [0.5, 0.6) is 17.2 Å². The van der Waals surface area contributed by atoms with Crippen molar-refractivity contribution in [2.45, 2.75) is 12.8 Å². The number of hydrogen-bond donors (Lipinski definition) is 1. The topological polar surface area (TPSA) is 87.8 Å². The van der Waals surface area contributed by atoms with Gasteiger partial charge in [0.2, 0.25) is 15.8 Å². The molecule has 0 heterocycles. The molecule has 0 fully saturated rings. The molecule has 0 radical (unpaired) electrons. The maximum absolute atomic E-state index is 10.8. The summed E-state index contributed by atoms with van der Waals surface area (Å²) in [5.74, 6) is 1.62. The van der Waals surface area contributed by atoms with Gasteiger partial charge in [0.15, 0.2) is 11.5 Å². The zero-order valence-electron chi connectivity index (χ0n) is 11.1. The van der Waals surface area contributed by atoms with Crippen molar-refractivity contribution in [3.05, 3.63) is 18.2 Å². The van der Waals surface area contributed by atoms with Crippen molar-refractivity contribution in [2.24, 2.45) is 5.14 Å². The minimum Gasteiger partial charge on any atom is -0.493 e. The predicted molar refractivity (Wildman–Crippen MR) is 72.2 cm³/mol. The van der Waals surface area contributed by atoms with Gasteiger partial charge in [-0.3, -0.25) is 0 Å². The molecular formula is C12H19NO5S. The van der Waals surface area contributed by atoms with Crippen molar-refractivity contribution < 1.29 is 22.6 Å². The number of para-hydroxylation sites is 1. The summed E-state index contributed by atoms with van der Waals surface area (Å²) < 4.78 is 37.5. The summed E-state index contributed by atoms with van der Waals surface area (Å²) in [5, 5.41) is 4.91. The number of unbranched alkanes of at least 4 members (excludes halogenated alkanes) is 1. The molecule has 0 saturated heterocycles. The lowest BCUT2D eigenvalue weighted by molar-refractivity contribution is 0.270. The maximum Gasteiger partial charge on any atom is 0.209 e. The molecule has 0 aliphatic heterocycles. The summed E-state index contributed by atoms with van der Waals surface area (Å²) in [6.07, 6.45) is 1.04. The van der Waals surface area contributed by atoms with E-state index in [1.54, 1.807) is 32.4 Å². The Morgan fingerprint density at radius 2 is 1.68 bits per heavy atom. The van der Waals surface area contributed by atoms with Gasteiger partial charge in [0.25, 0.3) is 0 Å². The van der Waals surface area contributed by atoms with E-state index in [1.165, 1.54) is 0 Å². The van der Waals surface area contributed by atoms with E-state index in [2.05, 4.69) is 0 Å². The van der Waals surface area contributed by atoms with Gasteiger partial charge in [0.1, 0.15) is 0 Å². The number of ether oxygens (including phenoxy) is 3. The number of nitrogens with two attached hydrogens (primary N) is 1. The molecule has 0 aliphatic carbocycles. The van der Waals surface area contributed by atoms with Crippen LogP contribution in [-0.2, 0) is 10.0 Å². The summed E-state index contributed by atoms with van der Waals surface area (Å²) in [6, 6.07) is 5.33. The van der Waals surface area contributed by atoms with Crippen LogP contribution in [0.2, 0.25) is 0 Å².